The van der Waals surface area contributed by atoms with Crippen molar-refractivity contribution in [2.75, 3.05) is 6.61 Å². The Bertz CT molecular complexity index is 1020. The van der Waals surface area contributed by atoms with Crippen molar-refractivity contribution in [2.45, 2.75) is 26.7 Å². The molecule has 0 saturated carbocycles. The minimum absolute atomic E-state index is 0.196. The number of halogens is 1. The van der Waals surface area contributed by atoms with Gasteiger partial charge in [0.1, 0.15) is 11.6 Å². The summed E-state index contributed by atoms with van der Waals surface area (Å²) in [5, 5.41) is 4.57. The predicted octanol–water partition coefficient (Wildman–Crippen LogP) is 2.79. The summed E-state index contributed by atoms with van der Waals surface area (Å²) in [7, 11) is 0. The van der Waals surface area contributed by atoms with E-state index in [2.05, 4.69) is 16.0 Å². The molecular weight excluding hydrogens is 387 g/mol. The van der Waals surface area contributed by atoms with E-state index in [1.165, 1.54) is 24.3 Å². The lowest BCUT2D eigenvalue weighted by molar-refractivity contribution is -0.130. The molecule has 8 heteroatoms. The number of ether oxygens (including phenoxy) is 1. The van der Waals surface area contributed by atoms with Crippen LogP contribution in [0.15, 0.2) is 54.6 Å². The van der Waals surface area contributed by atoms with Gasteiger partial charge in [-0.2, -0.15) is 5.10 Å². The molecule has 0 aliphatic rings. The summed E-state index contributed by atoms with van der Waals surface area (Å²) in [6.07, 6.45) is 0.694. The van der Waals surface area contributed by atoms with Gasteiger partial charge in [0.05, 0.1) is 11.4 Å². The van der Waals surface area contributed by atoms with Crippen LogP contribution < -0.4 is 15.6 Å². The molecule has 0 saturated heterocycles. The summed E-state index contributed by atoms with van der Waals surface area (Å²) in [6, 6.07) is 15.1. The summed E-state index contributed by atoms with van der Waals surface area (Å²) in [5.74, 6) is -0.869. The van der Waals surface area contributed by atoms with Crippen molar-refractivity contribution >= 4 is 11.8 Å². The minimum Gasteiger partial charge on any atom is -0.484 e. The van der Waals surface area contributed by atoms with Crippen LogP contribution in [-0.4, -0.2) is 28.2 Å². The fraction of sp³-hybridized carbons (Fsp3) is 0.227. The Kier molecular flexibility index (Phi) is 6.79. The number of rotatable bonds is 7. The van der Waals surface area contributed by atoms with Gasteiger partial charge in [-0.3, -0.25) is 20.4 Å². The first-order valence-electron chi connectivity index (χ1n) is 9.50. The van der Waals surface area contributed by atoms with Crippen LogP contribution in [0.3, 0.4) is 0 Å². The van der Waals surface area contributed by atoms with Gasteiger partial charge in [0.2, 0.25) is 5.91 Å². The molecule has 0 fully saturated rings. The number of hydrogen-bond donors (Lipinski definition) is 2. The Hall–Kier alpha value is -3.68. The second kappa shape index (κ2) is 9.69. The number of benzene rings is 2. The van der Waals surface area contributed by atoms with Gasteiger partial charge < -0.3 is 4.74 Å². The SMILES string of the molecule is Cc1nn(-c2ccccc2)c(C)c1CCC(=O)NNC(=O)COc1ccc(F)cc1. The largest absolute Gasteiger partial charge is 0.484 e. The fourth-order valence-corrected chi connectivity index (χ4v) is 3.01. The van der Waals surface area contributed by atoms with E-state index in [1.54, 1.807) is 0 Å². The summed E-state index contributed by atoms with van der Waals surface area (Å²) < 4.78 is 19.9. The van der Waals surface area contributed by atoms with Crippen LogP contribution in [0.1, 0.15) is 23.4 Å². The van der Waals surface area contributed by atoms with Crippen molar-refractivity contribution in [2.24, 2.45) is 0 Å². The van der Waals surface area contributed by atoms with Crippen LogP contribution in [0.25, 0.3) is 5.69 Å². The quantitative estimate of drug-likeness (QED) is 0.587. The fourth-order valence-electron chi connectivity index (χ4n) is 3.01. The number of aromatic nitrogens is 2. The molecule has 0 atom stereocenters. The normalized spacial score (nSPS) is 10.5. The van der Waals surface area contributed by atoms with E-state index in [9.17, 15) is 14.0 Å². The van der Waals surface area contributed by atoms with Crippen LogP contribution in [0, 0.1) is 19.7 Å². The highest BCUT2D eigenvalue weighted by Gasteiger charge is 2.14. The first-order chi connectivity index (χ1) is 14.4. The third kappa shape index (κ3) is 5.44. The molecule has 0 spiro atoms. The Labute approximate surface area is 173 Å². The van der Waals surface area contributed by atoms with Crippen molar-refractivity contribution in [3.05, 3.63) is 77.4 Å². The lowest BCUT2D eigenvalue weighted by Gasteiger charge is -2.09. The molecule has 0 aliphatic heterocycles. The van der Waals surface area contributed by atoms with Gasteiger partial charge in [-0.15, -0.1) is 0 Å². The van der Waals surface area contributed by atoms with Gasteiger partial charge in [-0.1, -0.05) is 18.2 Å². The van der Waals surface area contributed by atoms with E-state index in [0.29, 0.717) is 12.2 Å². The number of hydrazine groups is 1. The number of nitrogens with one attached hydrogen (secondary N) is 2. The van der Waals surface area contributed by atoms with Gasteiger partial charge in [-0.25, -0.2) is 9.07 Å². The third-order valence-corrected chi connectivity index (χ3v) is 4.57. The van der Waals surface area contributed by atoms with E-state index in [4.69, 9.17) is 4.74 Å². The first-order valence-corrected chi connectivity index (χ1v) is 9.50. The molecule has 3 rings (SSSR count). The number of nitrogens with zero attached hydrogens (tertiary/aromatic N) is 2. The zero-order chi connectivity index (χ0) is 21.5. The molecule has 0 aliphatic carbocycles. The molecule has 156 valence electrons. The van der Waals surface area contributed by atoms with E-state index in [0.717, 1.165) is 22.6 Å². The summed E-state index contributed by atoms with van der Waals surface area (Å²) in [4.78, 5) is 23.9. The summed E-state index contributed by atoms with van der Waals surface area (Å²) >= 11 is 0. The lowest BCUT2D eigenvalue weighted by Crippen LogP contribution is -2.43. The molecule has 0 bridgehead atoms. The maximum absolute atomic E-state index is 12.8. The molecule has 2 N–H and O–H groups in total. The molecule has 2 amide bonds. The lowest BCUT2D eigenvalue weighted by atomic mass is 10.1. The average molecular weight is 410 g/mol. The molecule has 30 heavy (non-hydrogen) atoms. The zero-order valence-corrected chi connectivity index (χ0v) is 16.8. The Morgan fingerprint density at radius 1 is 1.00 bits per heavy atom. The maximum atomic E-state index is 12.8. The molecule has 2 aromatic carbocycles. The standard InChI is InChI=1S/C22H23FN4O3/c1-15-20(16(2)27(26-15)18-6-4-3-5-7-18)12-13-21(28)24-25-22(29)14-30-19-10-8-17(23)9-11-19/h3-11H,12-14H2,1-2H3,(H,24,28)(H,25,29). The van der Waals surface area contributed by atoms with Gasteiger partial charge in [0, 0.05) is 12.1 Å². The zero-order valence-electron chi connectivity index (χ0n) is 16.8. The molecule has 3 aromatic rings. The van der Waals surface area contributed by atoms with E-state index >= 15 is 0 Å². The number of aryl methyl sites for hydroxylation is 1. The van der Waals surface area contributed by atoms with Crippen LogP contribution in [0.4, 0.5) is 4.39 Å². The Morgan fingerprint density at radius 3 is 2.37 bits per heavy atom. The van der Waals surface area contributed by atoms with Crippen LogP contribution in [0.5, 0.6) is 5.75 Å². The highest BCUT2D eigenvalue weighted by atomic mass is 19.1. The van der Waals surface area contributed by atoms with Gasteiger partial charge in [0.15, 0.2) is 6.61 Å². The number of carbonyl (C=O) groups is 2. The van der Waals surface area contributed by atoms with Gasteiger partial charge >= 0.3 is 0 Å². The van der Waals surface area contributed by atoms with Crippen LogP contribution >= 0.6 is 0 Å². The highest BCUT2D eigenvalue weighted by molar-refractivity contribution is 5.82. The predicted molar refractivity (Wildman–Crippen MR) is 110 cm³/mol. The smallest absolute Gasteiger partial charge is 0.276 e. The molecule has 1 aromatic heterocycles. The van der Waals surface area contributed by atoms with Crippen molar-refractivity contribution in [1.29, 1.82) is 0 Å². The monoisotopic (exact) mass is 410 g/mol. The number of hydrogen-bond acceptors (Lipinski definition) is 4. The van der Waals surface area contributed by atoms with E-state index in [1.807, 2.05) is 48.9 Å². The van der Waals surface area contributed by atoms with Gasteiger partial charge in [0.25, 0.3) is 5.91 Å². The maximum Gasteiger partial charge on any atom is 0.276 e. The molecule has 0 unspecified atom stereocenters. The number of para-hydroxylation sites is 1. The average Bonchev–Trinajstić information content (AvgIpc) is 3.04. The van der Waals surface area contributed by atoms with E-state index < -0.39 is 5.91 Å². The van der Waals surface area contributed by atoms with Crippen molar-refractivity contribution in [3.8, 4) is 11.4 Å². The first kappa shape index (κ1) is 21.0. The molecule has 1 heterocycles. The van der Waals surface area contributed by atoms with E-state index in [-0.39, 0.29) is 24.8 Å². The van der Waals surface area contributed by atoms with Crippen LogP contribution in [-0.2, 0) is 16.0 Å². The molecule has 0 radical (unpaired) electrons. The summed E-state index contributed by atoms with van der Waals surface area (Å²) in [5.41, 5.74) is 8.47. The van der Waals surface area contributed by atoms with Crippen molar-refractivity contribution < 1.29 is 18.7 Å². The second-order valence-electron chi connectivity index (χ2n) is 6.74. The van der Waals surface area contributed by atoms with Gasteiger partial charge in [-0.05, 0) is 62.2 Å². The molecular formula is C22H23FN4O3. The third-order valence-electron chi connectivity index (χ3n) is 4.57. The van der Waals surface area contributed by atoms with Crippen molar-refractivity contribution in [3.63, 3.8) is 0 Å². The Balaban J connectivity index is 1.46. The highest BCUT2D eigenvalue weighted by Crippen LogP contribution is 2.19. The second-order valence-corrected chi connectivity index (χ2v) is 6.74. The molecule has 7 nitrogen and oxygen atoms in total. The summed E-state index contributed by atoms with van der Waals surface area (Å²) in [6.45, 7) is 3.58. The number of amides is 2. The number of carbonyl (C=O) groups excluding carboxylic acids is 2. The minimum atomic E-state index is -0.517. The van der Waals surface area contributed by atoms with Crippen LogP contribution in [0.2, 0.25) is 0 Å². The van der Waals surface area contributed by atoms with Crippen molar-refractivity contribution in [1.82, 2.24) is 20.6 Å². The topological polar surface area (TPSA) is 85.3 Å². The Morgan fingerprint density at radius 2 is 1.67 bits per heavy atom.